The van der Waals surface area contributed by atoms with Gasteiger partial charge in [0.2, 0.25) is 0 Å². The van der Waals surface area contributed by atoms with Crippen molar-refractivity contribution in [3.63, 3.8) is 0 Å². The van der Waals surface area contributed by atoms with Crippen LogP contribution >= 0.6 is 15.6 Å². The van der Waals surface area contributed by atoms with E-state index in [1.807, 2.05) is 0 Å². The van der Waals surface area contributed by atoms with Crippen LogP contribution in [0.25, 0.3) is 0 Å². The van der Waals surface area contributed by atoms with Crippen molar-refractivity contribution >= 4 is 39.5 Å². The third-order valence-electron chi connectivity index (χ3n) is 17.5. The number of aliphatic hydroxyl groups excluding tert-OH is 1. The second-order valence-corrected chi connectivity index (χ2v) is 30.8. The lowest BCUT2D eigenvalue weighted by molar-refractivity contribution is -0.161. The number of hydrogen-bond donors (Lipinski definition) is 3. The second kappa shape index (κ2) is 64.7. The molecule has 0 fully saturated rings. The van der Waals surface area contributed by atoms with Gasteiger partial charge in [-0.3, -0.25) is 37.3 Å². The van der Waals surface area contributed by atoms with E-state index < -0.39 is 97.5 Å². The molecule has 19 heteroatoms. The molecule has 0 rings (SSSR count). The van der Waals surface area contributed by atoms with Crippen LogP contribution in [0.2, 0.25) is 0 Å². The predicted octanol–water partition coefficient (Wildman–Crippen LogP) is 21.4. The smallest absolute Gasteiger partial charge is 0.462 e. The monoisotopic (exact) mass is 1370 g/mol. The van der Waals surface area contributed by atoms with E-state index in [0.29, 0.717) is 25.7 Å². The molecule has 6 atom stereocenters. The molecule has 3 unspecified atom stereocenters. The van der Waals surface area contributed by atoms with Crippen molar-refractivity contribution in [3.8, 4) is 0 Å². The summed E-state index contributed by atoms with van der Waals surface area (Å²) in [6.45, 7) is 11.9. The van der Waals surface area contributed by atoms with Crippen molar-refractivity contribution in [1.82, 2.24) is 0 Å². The van der Waals surface area contributed by atoms with Crippen molar-refractivity contribution < 1.29 is 80.2 Å². The third-order valence-corrected chi connectivity index (χ3v) is 19.4. The third kappa shape index (κ3) is 67.0. The van der Waals surface area contributed by atoms with E-state index >= 15 is 0 Å². The average Bonchev–Trinajstić information content (AvgIpc) is 2.07. The van der Waals surface area contributed by atoms with E-state index in [0.717, 1.165) is 114 Å². The van der Waals surface area contributed by atoms with E-state index in [9.17, 15) is 43.2 Å². The Morgan fingerprint density at radius 3 is 0.817 bits per heavy atom. The molecular weight excluding hydrogens is 1220 g/mol. The van der Waals surface area contributed by atoms with Crippen LogP contribution in [0.4, 0.5) is 0 Å². The zero-order valence-electron chi connectivity index (χ0n) is 60.7. The van der Waals surface area contributed by atoms with Gasteiger partial charge in [-0.25, -0.2) is 9.13 Å². The van der Waals surface area contributed by atoms with E-state index in [4.69, 9.17) is 37.0 Å². The van der Waals surface area contributed by atoms with Crippen molar-refractivity contribution in [2.24, 2.45) is 17.8 Å². The number of aliphatic hydroxyl groups is 1. The molecular formula is C74H144O17P2. The van der Waals surface area contributed by atoms with Crippen molar-refractivity contribution in [3.05, 3.63) is 0 Å². The standard InChI is InChI=1S/C74H144O17P2/c1-8-10-11-12-13-34-41-48-55-71(76)84-61-69(90-74(79)58-51-44-37-30-23-21-26-32-39-46-53-66(5)6)63-88-92(80,81)86-59-68(75)60-87-93(82,83)89-64-70(62-85-72(77)56-49-42-35-28-24-22-27-33-40-47-54-67(7)9-2)91-73(78)57-50-43-36-29-20-18-16-14-15-17-19-25-31-38-45-52-65(3)4/h65-70,75H,8-64H2,1-7H3,(H,80,81)(H,82,83)/t67?,68-,69+,70+/m0/s1. The first kappa shape index (κ1) is 91.1. The van der Waals surface area contributed by atoms with Gasteiger partial charge in [0, 0.05) is 25.7 Å². The van der Waals surface area contributed by atoms with E-state index in [1.165, 1.54) is 180 Å². The van der Waals surface area contributed by atoms with E-state index in [2.05, 4.69) is 48.5 Å². The van der Waals surface area contributed by atoms with Gasteiger partial charge >= 0.3 is 39.5 Å². The highest BCUT2D eigenvalue weighted by Crippen LogP contribution is 2.45. The summed E-state index contributed by atoms with van der Waals surface area (Å²) in [6, 6.07) is 0. The highest BCUT2D eigenvalue weighted by molar-refractivity contribution is 7.47. The summed E-state index contributed by atoms with van der Waals surface area (Å²) in [5, 5.41) is 10.6. The molecule has 0 aliphatic heterocycles. The Morgan fingerprint density at radius 1 is 0.312 bits per heavy atom. The van der Waals surface area contributed by atoms with Gasteiger partial charge in [-0.1, -0.05) is 325 Å². The van der Waals surface area contributed by atoms with Crippen molar-refractivity contribution in [2.75, 3.05) is 39.6 Å². The SMILES string of the molecule is CCCCCCCCCCC(=O)OC[C@H](COP(=O)(O)OC[C@H](O)COP(=O)(O)OC[C@@H](COC(=O)CCCCCCCCCCCCC(C)CC)OC(=O)CCCCCCCCCCCCCCCCCC(C)C)OC(=O)CCCCCCCCCCCCC(C)C. The number of ether oxygens (including phenoxy) is 4. The summed E-state index contributed by atoms with van der Waals surface area (Å²) in [7, 11) is -9.91. The Labute approximate surface area is 568 Å². The van der Waals surface area contributed by atoms with Crippen molar-refractivity contribution in [1.29, 1.82) is 0 Å². The fraction of sp³-hybridized carbons (Fsp3) is 0.946. The lowest BCUT2D eigenvalue weighted by atomic mass is 9.99. The highest BCUT2D eigenvalue weighted by atomic mass is 31.2. The Hall–Kier alpha value is -1.94. The number of phosphoric acid groups is 2. The van der Waals surface area contributed by atoms with E-state index in [1.54, 1.807) is 0 Å². The summed E-state index contributed by atoms with van der Waals surface area (Å²) in [4.78, 5) is 72.7. The summed E-state index contributed by atoms with van der Waals surface area (Å²) in [5.74, 6) is 0.242. The Bertz CT molecular complexity index is 1820. The number of carbonyl (C=O) groups excluding carboxylic acids is 4. The molecule has 0 radical (unpaired) electrons. The largest absolute Gasteiger partial charge is 0.472 e. The lowest BCUT2D eigenvalue weighted by Gasteiger charge is -2.21. The first-order valence-corrected chi connectivity index (χ1v) is 41.4. The second-order valence-electron chi connectivity index (χ2n) is 27.9. The first-order valence-electron chi connectivity index (χ1n) is 38.4. The van der Waals surface area contributed by atoms with Crippen LogP contribution < -0.4 is 0 Å². The van der Waals surface area contributed by atoms with Gasteiger partial charge in [-0.15, -0.1) is 0 Å². The number of hydrogen-bond acceptors (Lipinski definition) is 15. The van der Waals surface area contributed by atoms with Gasteiger partial charge < -0.3 is 33.8 Å². The Morgan fingerprint density at radius 2 is 0.548 bits per heavy atom. The molecule has 3 N–H and O–H groups in total. The fourth-order valence-corrected chi connectivity index (χ4v) is 12.8. The Balaban J connectivity index is 5.22. The van der Waals surface area contributed by atoms with Crippen LogP contribution in [0.15, 0.2) is 0 Å². The number of rotatable bonds is 72. The van der Waals surface area contributed by atoms with Crippen LogP contribution in [-0.4, -0.2) is 96.7 Å². The number of unbranched alkanes of at least 4 members (excludes halogenated alkanes) is 39. The fourth-order valence-electron chi connectivity index (χ4n) is 11.2. The number of esters is 4. The maximum absolute atomic E-state index is 13.1. The Kier molecular flexibility index (Phi) is 63.4. The summed E-state index contributed by atoms with van der Waals surface area (Å²) >= 11 is 0. The molecule has 0 aliphatic carbocycles. The number of carbonyl (C=O) groups is 4. The minimum absolute atomic E-state index is 0.106. The van der Waals surface area contributed by atoms with Gasteiger partial charge in [-0.05, 0) is 43.4 Å². The molecule has 0 bridgehead atoms. The van der Waals surface area contributed by atoms with Crippen LogP contribution in [0.3, 0.4) is 0 Å². The van der Waals surface area contributed by atoms with E-state index in [-0.39, 0.29) is 25.7 Å². The molecule has 0 spiro atoms. The predicted molar refractivity (Wildman–Crippen MR) is 377 cm³/mol. The molecule has 0 saturated heterocycles. The molecule has 0 aromatic carbocycles. The highest BCUT2D eigenvalue weighted by Gasteiger charge is 2.30. The van der Waals surface area contributed by atoms with Crippen LogP contribution in [0.5, 0.6) is 0 Å². The molecule has 93 heavy (non-hydrogen) atoms. The minimum atomic E-state index is -4.96. The van der Waals surface area contributed by atoms with Gasteiger partial charge in [0.25, 0.3) is 0 Å². The zero-order valence-corrected chi connectivity index (χ0v) is 62.5. The van der Waals surface area contributed by atoms with Gasteiger partial charge in [-0.2, -0.15) is 0 Å². The summed E-state index contributed by atoms with van der Waals surface area (Å²) < 4.78 is 68.4. The first-order chi connectivity index (χ1) is 44.8. The van der Waals surface area contributed by atoms with Gasteiger partial charge in [0.1, 0.15) is 19.3 Å². The van der Waals surface area contributed by atoms with Crippen LogP contribution in [0.1, 0.15) is 376 Å². The topological polar surface area (TPSA) is 237 Å². The van der Waals surface area contributed by atoms with Crippen LogP contribution in [0, 0.1) is 17.8 Å². The molecule has 0 saturated carbocycles. The summed E-state index contributed by atoms with van der Waals surface area (Å²) in [6.07, 6.45) is 49.9. The average molecular weight is 1370 g/mol. The molecule has 0 aromatic heterocycles. The van der Waals surface area contributed by atoms with Crippen LogP contribution in [-0.2, 0) is 65.4 Å². The molecule has 0 aromatic rings. The van der Waals surface area contributed by atoms with Gasteiger partial charge in [0.05, 0.1) is 26.4 Å². The van der Waals surface area contributed by atoms with Crippen molar-refractivity contribution in [2.45, 2.75) is 394 Å². The normalized spacial score (nSPS) is 14.4. The molecule has 552 valence electrons. The number of phosphoric ester groups is 2. The minimum Gasteiger partial charge on any atom is -0.462 e. The maximum Gasteiger partial charge on any atom is 0.472 e. The maximum atomic E-state index is 13.1. The summed E-state index contributed by atoms with van der Waals surface area (Å²) in [5.41, 5.74) is 0. The lowest BCUT2D eigenvalue weighted by Crippen LogP contribution is -2.30. The zero-order chi connectivity index (χ0) is 68.7. The van der Waals surface area contributed by atoms with Gasteiger partial charge in [0.15, 0.2) is 12.2 Å². The molecule has 17 nitrogen and oxygen atoms in total. The quantitative estimate of drug-likeness (QED) is 0.0222. The molecule has 0 amide bonds. The molecule has 0 heterocycles. The molecule has 0 aliphatic rings.